The molecule has 0 aliphatic carbocycles. The van der Waals surface area contributed by atoms with Gasteiger partial charge in [-0.1, -0.05) is 0 Å². The molecule has 4 rings (SSSR count). The van der Waals surface area contributed by atoms with E-state index in [0.29, 0.717) is 5.82 Å². The SMILES string of the molecule is Cc1sc2ncn3nc([C@H](C)n4cc([N+](=O)[O-])cn4)nc3c2c1C. The number of thiophene rings is 1. The molecule has 24 heavy (non-hydrogen) atoms. The van der Waals surface area contributed by atoms with Crippen LogP contribution in [0.1, 0.15) is 29.2 Å². The van der Waals surface area contributed by atoms with Gasteiger partial charge >= 0.3 is 5.69 Å². The number of hydrogen-bond donors (Lipinski definition) is 0. The molecule has 4 aromatic heterocycles. The fourth-order valence-corrected chi connectivity index (χ4v) is 3.58. The van der Waals surface area contributed by atoms with Crippen molar-refractivity contribution in [2.45, 2.75) is 26.8 Å². The molecule has 0 N–H and O–H groups in total. The van der Waals surface area contributed by atoms with Gasteiger partial charge in [-0.05, 0) is 26.3 Å². The Balaban J connectivity index is 1.84. The van der Waals surface area contributed by atoms with Crippen molar-refractivity contribution in [3.05, 3.63) is 45.1 Å². The second kappa shape index (κ2) is 5.06. The predicted octanol–water partition coefficient (Wildman–Crippen LogP) is 2.67. The van der Waals surface area contributed by atoms with E-state index in [9.17, 15) is 10.1 Å². The van der Waals surface area contributed by atoms with Crippen molar-refractivity contribution >= 4 is 32.9 Å². The summed E-state index contributed by atoms with van der Waals surface area (Å²) in [6.45, 7) is 5.95. The fourth-order valence-electron chi connectivity index (χ4n) is 2.59. The van der Waals surface area contributed by atoms with E-state index >= 15 is 0 Å². The predicted molar refractivity (Wildman–Crippen MR) is 88.3 cm³/mol. The van der Waals surface area contributed by atoms with E-state index in [2.05, 4.69) is 27.1 Å². The van der Waals surface area contributed by atoms with Crippen LogP contribution in [-0.2, 0) is 0 Å². The van der Waals surface area contributed by atoms with Crippen molar-refractivity contribution in [3.8, 4) is 0 Å². The van der Waals surface area contributed by atoms with Gasteiger partial charge in [0.1, 0.15) is 29.6 Å². The summed E-state index contributed by atoms with van der Waals surface area (Å²) < 4.78 is 3.13. The van der Waals surface area contributed by atoms with Crippen LogP contribution in [0.5, 0.6) is 0 Å². The van der Waals surface area contributed by atoms with Crippen molar-refractivity contribution in [2.75, 3.05) is 0 Å². The Morgan fingerprint density at radius 1 is 1.38 bits per heavy atom. The molecule has 0 aliphatic heterocycles. The summed E-state index contributed by atoms with van der Waals surface area (Å²) in [7, 11) is 0. The lowest BCUT2D eigenvalue weighted by Crippen LogP contribution is -2.09. The second-order valence-corrected chi connectivity index (χ2v) is 6.76. The van der Waals surface area contributed by atoms with Gasteiger partial charge < -0.3 is 0 Å². The van der Waals surface area contributed by atoms with E-state index in [1.54, 1.807) is 22.2 Å². The van der Waals surface area contributed by atoms with Crippen molar-refractivity contribution in [2.24, 2.45) is 0 Å². The van der Waals surface area contributed by atoms with Gasteiger partial charge in [-0.2, -0.15) is 5.10 Å². The first-order valence-electron chi connectivity index (χ1n) is 7.25. The molecule has 1 atom stereocenters. The van der Waals surface area contributed by atoms with E-state index in [1.165, 1.54) is 22.0 Å². The van der Waals surface area contributed by atoms with E-state index in [0.717, 1.165) is 21.4 Å². The Labute approximate surface area is 139 Å². The Morgan fingerprint density at radius 3 is 2.88 bits per heavy atom. The minimum Gasteiger partial charge on any atom is -0.258 e. The molecule has 0 saturated heterocycles. The molecule has 0 saturated carbocycles. The molecule has 0 spiro atoms. The van der Waals surface area contributed by atoms with Gasteiger partial charge in [0.25, 0.3) is 0 Å². The quantitative estimate of drug-likeness (QED) is 0.418. The van der Waals surface area contributed by atoms with Crippen LogP contribution in [0.3, 0.4) is 0 Å². The molecule has 0 bridgehead atoms. The third kappa shape index (κ3) is 2.07. The standard InChI is InChI=1S/C14H13N7O2S/c1-7-9(3)24-14-11(7)13-17-12(18-20(13)6-15-14)8(2)19-5-10(4-16-19)21(22)23/h4-6,8H,1-3H3/t8-/m0/s1. The van der Waals surface area contributed by atoms with Crippen molar-refractivity contribution in [3.63, 3.8) is 0 Å². The summed E-state index contributed by atoms with van der Waals surface area (Å²) in [4.78, 5) is 21.5. The maximum absolute atomic E-state index is 10.8. The van der Waals surface area contributed by atoms with Crippen LogP contribution in [0, 0.1) is 24.0 Å². The molecule has 0 amide bonds. The summed E-state index contributed by atoms with van der Waals surface area (Å²) >= 11 is 1.63. The summed E-state index contributed by atoms with van der Waals surface area (Å²) in [5, 5.41) is 20.3. The number of hydrogen-bond acceptors (Lipinski definition) is 7. The maximum Gasteiger partial charge on any atom is 0.307 e. The van der Waals surface area contributed by atoms with Gasteiger partial charge in [0, 0.05) is 4.88 Å². The van der Waals surface area contributed by atoms with Gasteiger partial charge in [0.15, 0.2) is 11.5 Å². The van der Waals surface area contributed by atoms with Crippen LogP contribution in [0.15, 0.2) is 18.7 Å². The summed E-state index contributed by atoms with van der Waals surface area (Å²) in [6, 6.07) is -0.325. The Bertz CT molecular complexity index is 1090. The lowest BCUT2D eigenvalue weighted by Gasteiger charge is -2.05. The molecule has 0 unspecified atom stereocenters. The van der Waals surface area contributed by atoms with Crippen molar-refractivity contribution in [1.82, 2.24) is 29.4 Å². The van der Waals surface area contributed by atoms with E-state index in [1.807, 2.05) is 13.8 Å². The highest BCUT2D eigenvalue weighted by atomic mass is 32.1. The zero-order chi connectivity index (χ0) is 17.0. The molecule has 4 aromatic rings. The maximum atomic E-state index is 10.8. The highest BCUT2D eigenvalue weighted by Gasteiger charge is 2.20. The number of rotatable bonds is 3. The Kier molecular flexibility index (Phi) is 3.10. The summed E-state index contributed by atoms with van der Waals surface area (Å²) in [5.74, 6) is 0.533. The largest absolute Gasteiger partial charge is 0.307 e. The molecule has 122 valence electrons. The van der Waals surface area contributed by atoms with Gasteiger partial charge in [-0.3, -0.25) is 14.8 Å². The van der Waals surface area contributed by atoms with E-state index in [-0.39, 0.29) is 11.7 Å². The molecule has 0 aliphatic rings. The zero-order valence-corrected chi connectivity index (χ0v) is 14.0. The molecule has 0 fully saturated rings. The first-order valence-corrected chi connectivity index (χ1v) is 8.07. The Morgan fingerprint density at radius 2 is 2.17 bits per heavy atom. The topological polar surface area (TPSA) is 104 Å². The zero-order valence-electron chi connectivity index (χ0n) is 13.2. The monoisotopic (exact) mass is 343 g/mol. The fraction of sp³-hybridized carbons (Fsp3) is 0.286. The van der Waals surface area contributed by atoms with Crippen molar-refractivity contribution in [1.29, 1.82) is 0 Å². The van der Waals surface area contributed by atoms with E-state index in [4.69, 9.17) is 0 Å². The molecule has 10 heteroatoms. The lowest BCUT2D eigenvalue weighted by molar-refractivity contribution is -0.385. The molecular formula is C14H13N7O2S. The van der Waals surface area contributed by atoms with Crippen LogP contribution >= 0.6 is 11.3 Å². The normalized spacial score (nSPS) is 13.0. The number of fused-ring (bicyclic) bond motifs is 3. The minimum absolute atomic E-state index is 0.0565. The summed E-state index contributed by atoms with van der Waals surface area (Å²) in [6.07, 6.45) is 4.24. The van der Waals surface area contributed by atoms with Crippen LogP contribution in [-0.4, -0.2) is 34.3 Å². The van der Waals surface area contributed by atoms with Crippen LogP contribution in [0.25, 0.3) is 15.9 Å². The van der Waals surface area contributed by atoms with Gasteiger partial charge in [-0.15, -0.1) is 16.4 Å². The molecular weight excluding hydrogens is 330 g/mol. The number of aromatic nitrogens is 6. The Hall–Kier alpha value is -2.88. The highest BCUT2D eigenvalue weighted by molar-refractivity contribution is 7.18. The summed E-state index contributed by atoms with van der Waals surface area (Å²) in [5.41, 5.74) is 1.83. The first kappa shape index (κ1) is 14.7. The van der Waals surface area contributed by atoms with Crippen molar-refractivity contribution < 1.29 is 4.92 Å². The molecule has 0 aromatic carbocycles. The lowest BCUT2D eigenvalue weighted by atomic mass is 10.2. The van der Waals surface area contributed by atoms with Crippen LogP contribution < -0.4 is 0 Å². The smallest absolute Gasteiger partial charge is 0.258 e. The number of nitro groups is 1. The van der Waals surface area contributed by atoms with Crippen LogP contribution in [0.2, 0.25) is 0 Å². The highest BCUT2D eigenvalue weighted by Crippen LogP contribution is 2.31. The first-order chi connectivity index (χ1) is 11.5. The number of aryl methyl sites for hydroxylation is 2. The van der Waals surface area contributed by atoms with Gasteiger partial charge in [0.2, 0.25) is 0 Å². The molecule has 4 heterocycles. The van der Waals surface area contributed by atoms with E-state index < -0.39 is 4.92 Å². The van der Waals surface area contributed by atoms with Crippen LogP contribution in [0.4, 0.5) is 5.69 Å². The average molecular weight is 343 g/mol. The second-order valence-electron chi connectivity index (χ2n) is 5.56. The molecule has 9 nitrogen and oxygen atoms in total. The van der Waals surface area contributed by atoms with Gasteiger partial charge in [0.05, 0.1) is 10.3 Å². The molecule has 0 radical (unpaired) electrons. The average Bonchev–Trinajstić information content (AvgIpc) is 3.24. The van der Waals surface area contributed by atoms with Gasteiger partial charge in [-0.25, -0.2) is 14.5 Å². The number of nitrogens with zero attached hydrogens (tertiary/aromatic N) is 7. The third-order valence-electron chi connectivity index (χ3n) is 4.09. The third-order valence-corrected chi connectivity index (χ3v) is 5.21. The minimum atomic E-state index is -0.474.